The number of benzene rings is 2. The second-order valence-corrected chi connectivity index (χ2v) is 8.43. The Morgan fingerprint density at radius 1 is 1.12 bits per heavy atom. The van der Waals surface area contributed by atoms with E-state index in [9.17, 15) is 4.79 Å². The van der Waals surface area contributed by atoms with E-state index in [1.807, 2.05) is 50.2 Å². The molecule has 0 saturated carbocycles. The Bertz CT molecular complexity index is 1380. The maximum atomic E-state index is 12.6. The number of nitrogens with zero attached hydrogens (tertiary/aromatic N) is 4. The van der Waals surface area contributed by atoms with Crippen molar-refractivity contribution < 1.29 is 14.3 Å². The third kappa shape index (κ3) is 3.42. The molecule has 0 bridgehead atoms. The highest BCUT2D eigenvalue weighted by molar-refractivity contribution is 6.03. The van der Waals surface area contributed by atoms with Crippen LogP contribution in [0.3, 0.4) is 0 Å². The zero-order chi connectivity index (χ0) is 23.3. The topological polar surface area (TPSA) is 83.2 Å². The third-order valence-electron chi connectivity index (χ3n) is 6.19. The summed E-state index contributed by atoms with van der Waals surface area (Å²) in [5, 5.41) is 13.0. The average molecular weight is 446 g/mol. The predicted molar refractivity (Wildman–Crippen MR) is 127 cm³/mol. The molecule has 4 aromatic rings. The first-order chi connectivity index (χ1) is 15.9. The van der Waals surface area contributed by atoms with Crippen molar-refractivity contribution in [2.24, 2.45) is 14.1 Å². The number of fused-ring (bicyclic) bond motifs is 2. The van der Waals surface area contributed by atoms with Crippen LogP contribution in [0, 0.1) is 0 Å². The van der Waals surface area contributed by atoms with Gasteiger partial charge in [0.05, 0.1) is 42.1 Å². The van der Waals surface area contributed by atoms with Gasteiger partial charge in [-0.1, -0.05) is 6.92 Å². The van der Waals surface area contributed by atoms with Crippen LogP contribution in [0.2, 0.25) is 0 Å². The molecule has 0 fully saturated rings. The summed E-state index contributed by atoms with van der Waals surface area (Å²) in [4.78, 5) is 12.6. The highest BCUT2D eigenvalue weighted by Gasteiger charge is 2.28. The standard InChI is InChI=1S/C25H27N5O3/c1-6-33-21-9-15(17-12-27-29(3)13-17)8-19-23(21)24(30(4)28-19)16-7-18-14(2)11-26-25(31)22(18)20(10-16)32-5/h7-10,12-14H,6,11H2,1-5H3,(H,26,31)/t14-/m0/s1. The highest BCUT2D eigenvalue weighted by Crippen LogP contribution is 2.42. The molecule has 1 N–H and O–H groups in total. The second kappa shape index (κ2) is 7.95. The minimum absolute atomic E-state index is 0.0996. The molecule has 8 nitrogen and oxygen atoms in total. The van der Waals surface area contributed by atoms with Gasteiger partial charge in [-0.25, -0.2) is 0 Å². The lowest BCUT2D eigenvalue weighted by molar-refractivity contribution is 0.0938. The third-order valence-corrected chi connectivity index (χ3v) is 6.19. The van der Waals surface area contributed by atoms with Gasteiger partial charge < -0.3 is 14.8 Å². The van der Waals surface area contributed by atoms with E-state index in [0.29, 0.717) is 24.5 Å². The fraction of sp³-hybridized carbons (Fsp3) is 0.320. The van der Waals surface area contributed by atoms with Crippen LogP contribution >= 0.6 is 0 Å². The maximum Gasteiger partial charge on any atom is 0.255 e. The molecule has 0 spiro atoms. The van der Waals surface area contributed by atoms with Crippen LogP contribution in [0.5, 0.6) is 11.5 Å². The summed E-state index contributed by atoms with van der Waals surface area (Å²) in [5.41, 5.74) is 6.28. The molecule has 2 aromatic carbocycles. The van der Waals surface area contributed by atoms with Crippen LogP contribution in [0.15, 0.2) is 36.7 Å². The first-order valence-corrected chi connectivity index (χ1v) is 11.0. The SMILES string of the molecule is CCOc1cc(-c2cnn(C)c2)cc2nn(C)c(-c3cc(OC)c4c(c3)[C@@H](C)CNC4=O)c12. The molecule has 1 amide bonds. The lowest BCUT2D eigenvalue weighted by Crippen LogP contribution is -2.34. The number of methoxy groups -OCH3 is 1. The Hall–Kier alpha value is -3.81. The minimum Gasteiger partial charge on any atom is -0.496 e. The van der Waals surface area contributed by atoms with Gasteiger partial charge in [0, 0.05) is 38.0 Å². The van der Waals surface area contributed by atoms with Crippen LogP contribution in [-0.2, 0) is 14.1 Å². The largest absolute Gasteiger partial charge is 0.496 e. The van der Waals surface area contributed by atoms with E-state index in [1.54, 1.807) is 11.8 Å². The zero-order valence-electron chi connectivity index (χ0n) is 19.5. The summed E-state index contributed by atoms with van der Waals surface area (Å²) >= 11 is 0. The molecule has 2 aromatic heterocycles. The molecule has 33 heavy (non-hydrogen) atoms. The van der Waals surface area contributed by atoms with Crippen LogP contribution < -0.4 is 14.8 Å². The number of aryl methyl sites for hydroxylation is 2. The number of aromatic nitrogens is 4. The highest BCUT2D eigenvalue weighted by atomic mass is 16.5. The Morgan fingerprint density at radius 3 is 2.61 bits per heavy atom. The molecule has 3 heterocycles. The molecule has 170 valence electrons. The fourth-order valence-corrected chi connectivity index (χ4v) is 4.64. The lowest BCUT2D eigenvalue weighted by atomic mass is 9.88. The predicted octanol–water partition coefficient (Wildman–Crippen LogP) is 3.90. The van der Waals surface area contributed by atoms with E-state index in [1.165, 1.54) is 0 Å². The molecule has 0 unspecified atom stereocenters. The molecule has 0 saturated heterocycles. The number of rotatable bonds is 5. The Kier molecular flexibility index (Phi) is 5.08. The Morgan fingerprint density at radius 2 is 1.91 bits per heavy atom. The molecule has 0 radical (unpaired) electrons. The van der Waals surface area contributed by atoms with Crippen LogP contribution in [0.1, 0.15) is 35.7 Å². The average Bonchev–Trinajstić information content (AvgIpc) is 3.38. The van der Waals surface area contributed by atoms with Crippen molar-refractivity contribution in [1.82, 2.24) is 24.9 Å². The van der Waals surface area contributed by atoms with Gasteiger partial charge in [-0.05, 0) is 48.2 Å². The normalized spacial score (nSPS) is 15.4. The molecular weight excluding hydrogens is 418 g/mol. The summed E-state index contributed by atoms with van der Waals surface area (Å²) in [7, 11) is 5.42. The Labute approximate surface area is 192 Å². The molecule has 5 rings (SSSR count). The van der Waals surface area contributed by atoms with Crippen molar-refractivity contribution >= 4 is 16.8 Å². The minimum atomic E-state index is -0.0996. The summed E-state index contributed by atoms with van der Waals surface area (Å²) < 4.78 is 15.4. The van der Waals surface area contributed by atoms with Crippen molar-refractivity contribution in [3.05, 3.63) is 47.8 Å². The molecule has 1 aliphatic rings. The first-order valence-electron chi connectivity index (χ1n) is 11.0. The number of amides is 1. The fourth-order valence-electron chi connectivity index (χ4n) is 4.64. The Balaban J connectivity index is 1.76. The number of hydrogen-bond donors (Lipinski definition) is 1. The van der Waals surface area contributed by atoms with E-state index in [-0.39, 0.29) is 11.8 Å². The summed E-state index contributed by atoms with van der Waals surface area (Å²) in [6.45, 7) is 5.21. The number of hydrogen-bond acceptors (Lipinski definition) is 5. The van der Waals surface area contributed by atoms with Crippen LogP contribution in [0.25, 0.3) is 33.3 Å². The van der Waals surface area contributed by atoms with E-state index in [2.05, 4.69) is 29.5 Å². The smallest absolute Gasteiger partial charge is 0.255 e. The molecule has 8 heteroatoms. The van der Waals surface area contributed by atoms with E-state index >= 15 is 0 Å². The number of ether oxygens (including phenoxy) is 2. The van der Waals surface area contributed by atoms with E-state index < -0.39 is 0 Å². The van der Waals surface area contributed by atoms with E-state index in [4.69, 9.17) is 14.6 Å². The summed E-state index contributed by atoms with van der Waals surface area (Å²) in [6.07, 6.45) is 3.81. The van der Waals surface area contributed by atoms with Crippen molar-refractivity contribution in [1.29, 1.82) is 0 Å². The number of nitrogens with one attached hydrogen (secondary N) is 1. The summed E-state index contributed by atoms with van der Waals surface area (Å²) in [6, 6.07) is 8.10. The van der Waals surface area contributed by atoms with Gasteiger partial charge in [0.1, 0.15) is 11.5 Å². The van der Waals surface area contributed by atoms with Gasteiger partial charge in [0.2, 0.25) is 0 Å². The van der Waals surface area contributed by atoms with Gasteiger partial charge in [0.15, 0.2) is 0 Å². The molecule has 1 aliphatic heterocycles. The number of carbonyl (C=O) groups excluding carboxylic acids is 1. The quantitative estimate of drug-likeness (QED) is 0.504. The maximum absolute atomic E-state index is 12.6. The van der Waals surface area contributed by atoms with Crippen molar-refractivity contribution in [2.75, 3.05) is 20.3 Å². The van der Waals surface area contributed by atoms with E-state index in [0.717, 1.165) is 44.6 Å². The van der Waals surface area contributed by atoms with Gasteiger partial charge in [0.25, 0.3) is 5.91 Å². The van der Waals surface area contributed by atoms with Crippen molar-refractivity contribution in [3.63, 3.8) is 0 Å². The number of carbonyl (C=O) groups is 1. The monoisotopic (exact) mass is 445 g/mol. The summed E-state index contributed by atoms with van der Waals surface area (Å²) in [5.74, 6) is 1.40. The molecular formula is C25H27N5O3. The van der Waals surface area contributed by atoms with Gasteiger partial charge in [-0.2, -0.15) is 10.2 Å². The van der Waals surface area contributed by atoms with Gasteiger partial charge in [-0.15, -0.1) is 0 Å². The molecule has 0 aliphatic carbocycles. The van der Waals surface area contributed by atoms with Crippen molar-refractivity contribution in [3.8, 4) is 33.9 Å². The first kappa shape index (κ1) is 21.1. The lowest BCUT2D eigenvalue weighted by Gasteiger charge is -2.25. The van der Waals surface area contributed by atoms with Crippen LogP contribution in [-0.4, -0.2) is 45.7 Å². The van der Waals surface area contributed by atoms with Crippen LogP contribution in [0.4, 0.5) is 0 Å². The van der Waals surface area contributed by atoms with Crippen molar-refractivity contribution in [2.45, 2.75) is 19.8 Å². The van der Waals surface area contributed by atoms with Gasteiger partial charge >= 0.3 is 0 Å². The zero-order valence-corrected chi connectivity index (χ0v) is 19.5. The van der Waals surface area contributed by atoms with Gasteiger partial charge in [-0.3, -0.25) is 14.2 Å². The molecule has 1 atom stereocenters. The second-order valence-electron chi connectivity index (χ2n) is 8.43.